The molecule has 56 heavy (non-hydrogen) atoms. The Morgan fingerprint density at radius 3 is 2.52 bits per heavy atom. The normalized spacial score (nSPS) is 19.2. The predicted molar refractivity (Wildman–Crippen MR) is 224 cm³/mol. The van der Waals surface area contributed by atoms with Crippen molar-refractivity contribution in [2.45, 2.75) is 89.8 Å². The van der Waals surface area contributed by atoms with Gasteiger partial charge in [-0.25, -0.2) is 4.79 Å². The lowest BCUT2D eigenvalue weighted by Crippen LogP contribution is -2.55. The number of nitriles is 1. The molecule has 3 aliphatic rings. The minimum absolute atomic E-state index is 0.179. The number of piperazine rings is 1. The van der Waals surface area contributed by atoms with E-state index in [4.69, 9.17) is 23.9 Å². The van der Waals surface area contributed by atoms with Gasteiger partial charge in [-0.15, -0.1) is 0 Å². The number of aromatic nitrogens is 2. The van der Waals surface area contributed by atoms with Gasteiger partial charge in [0.05, 0.1) is 30.8 Å². The molecule has 296 valence electrons. The molecule has 0 saturated carbocycles. The van der Waals surface area contributed by atoms with Crippen LogP contribution in [-0.4, -0.2) is 98.7 Å². The molecule has 0 aliphatic carbocycles. The number of carbonyl (C=O) groups excluding carboxylic acids is 1. The van der Waals surface area contributed by atoms with Gasteiger partial charge in [-0.3, -0.25) is 4.90 Å². The molecule has 1 aromatic heterocycles. The van der Waals surface area contributed by atoms with Gasteiger partial charge in [0.2, 0.25) is 0 Å². The molecule has 0 bridgehead atoms. The fourth-order valence-electron chi connectivity index (χ4n) is 7.96. The largest absolute Gasteiger partial charge is 0.462 e. The summed E-state index contributed by atoms with van der Waals surface area (Å²) in [6.45, 7) is 17.7. The van der Waals surface area contributed by atoms with Crippen LogP contribution in [-0.2, 0) is 28.7 Å². The van der Waals surface area contributed by atoms with Gasteiger partial charge in [-0.2, -0.15) is 15.2 Å². The van der Waals surface area contributed by atoms with Crippen LogP contribution in [0.15, 0.2) is 72.8 Å². The molecule has 0 spiro atoms. The SMILES string of the molecule is CC(C)(C)[Si](C)(C)OCCN1CCC[C@H]1COc1nc2c(c(N3CCN(C(=O)OCc4ccccc4)[C@@H](CC#N)C3)n1)CCN(c1cccc3ccccc13)C2. The first kappa shape index (κ1) is 39.5. The molecule has 11 nitrogen and oxygen atoms in total. The molecule has 0 radical (unpaired) electrons. The van der Waals surface area contributed by atoms with Crippen molar-refractivity contribution in [3.8, 4) is 12.1 Å². The van der Waals surface area contributed by atoms with Crippen LogP contribution in [0.4, 0.5) is 16.3 Å². The zero-order valence-electron chi connectivity index (χ0n) is 33.7. The molecule has 2 fully saturated rings. The molecule has 2 atom stereocenters. The Hall–Kier alpha value is -4.70. The Morgan fingerprint density at radius 1 is 0.929 bits per heavy atom. The number of rotatable bonds is 12. The smallest absolute Gasteiger partial charge is 0.410 e. The molecule has 0 N–H and O–H groups in total. The van der Waals surface area contributed by atoms with Gasteiger partial charge in [0, 0.05) is 62.0 Å². The minimum atomic E-state index is -1.83. The molecule has 3 aliphatic heterocycles. The lowest BCUT2D eigenvalue weighted by molar-refractivity contribution is 0.0767. The van der Waals surface area contributed by atoms with Crippen LogP contribution in [0, 0.1) is 11.3 Å². The number of benzene rings is 3. The summed E-state index contributed by atoms with van der Waals surface area (Å²) in [5.74, 6) is 0.842. The van der Waals surface area contributed by atoms with Crippen LogP contribution in [0.5, 0.6) is 6.01 Å². The third kappa shape index (κ3) is 8.96. The Kier molecular flexibility index (Phi) is 12.1. The number of amides is 1. The molecule has 12 heteroatoms. The number of hydrogen-bond acceptors (Lipinski definition) is 10. The number of nitrogens with zero attached hydrogens (tertiary/aromatic N) is 7. The first-order valence-corrected chi connectivity index (χ1v) is 23.1. The van der Waals surface area contributed by atoms with Crippen molar-refractivity contribution in [3.05, 3.63) is 89.6 Å². The van der Waals surface area contributed by atoms with Crippen LogP contribution in [0.25, 0.3) is 10.8 Å². The molecule has 7 rings (SSSR count). The van der Waals surface area contributed by atoms with E-state index >= 15 is 0 Å². The lowest BCUT2D eigenvalue weighted by atomic mass is 10.0. The third-order valence-electron chi connectivity index (χ3n) is 12.2. The highest BCUT2D eigenvalue weighted by molar-refractivity contribution is 6.74. The number of anilines is 2. The molecular weight excluding hydrogens is 719 g/mol. The molecule has 2 saturated heterocycles. The van der Waals surface area contributed by atoms with E-state index in [1.165, 1.54) is 16.5 Å². The number of hydrogen-bond donors (Lipinski definition) is 0. The van der Waals surface area contributed by atoms with Gasteiger partial charge in [0.15, 0.2) is 8.32 Å². The topological polar surface area (TPSA) is 107 Å². The molecule has 1 amide bonds. The maximum Gasteiger partial charge on any atom is 0.410 e. The van der Waals surface area contributed by atoms with E-state index in [2.05, 4.69) is 97.1 Å². The van der Waals surface area contributed by atoms with Crippen LogP contribution >= 0.6 is 0 Å². The number of likely N-dealkylation sites (tertiary alicyclic amines) is 1. The van der Waals surface area contributed by atoms with Crippen molar-refractivity contribution in [1.29, 1.82) is 5.26 Å². The third-order valence-corrected chi connectivity index (χ3v) is 16.8. The summed E-state index contributed by atoms with van der Waals surface area (Å²) in [6.07, 6.45) is 2.75. The second kappa shape index (κ2) is 17.2. The average Bonchev–Trinajstić information content (AvgIpc) is 3.65. The van der Waals surface area contributed by atoms with Gasteiger partial charge >= 0.3 is 12.1 Å². The van der Waals surface area contributed by atoms with Gasteiger partial charge in [0.25, 0.3) is 0 Å². The molecule has 4 aromatic rings. The molecule has 3 aromatic carbocycles. The average molecular weight is 776 g/mol. The van der Waals surface area contributed by atoms with Crippen LogP contribution in [0.3, 0.4) is 0 Å². The Morgan fingerprint density at radius 2 is 1.71 bits per heavy atom. The van der Waals surface area contributed by atoms with Crippen molar-refractivity contribution in [2.24, 2.45) is 0 Å². The second-order valence-corrected chi connectivity index (χ2v) is 21.7. The molecule has 0 unspecified atom stereocenters. The van der Waals surface area contributed by atoms with Gasteiger partial charge in [-0.1, -0.05) is 87.5 Å². The highest BCUT2D eigenvalue weighted by Crippen LogP contribution is 2.37. The van der Waals surface area contributed by atoms with Gasteiger partial charge < -0.3 is 28.6 Å². The minimum Gasteiger partial charge on any atom is -0.462 e. The van der Waals surface area contributed by atoms with Crippen molar-refractivity contribution < 1.29 is 18.7 Å². The van der Waals surface area contributed by atoms with Crippen molar-refractivity contribution in [1.82, 2.24) is 19.8 Å². The van der Waals surface area contributed by atoms with E-state index in [9.17, 15) is 10.1 Å². The fraction of sp³-hybridized carbons (Fsp3) is 0.500. The van der Waals surface area contributed by atoms with Crippen molar-refractivity contribution in [3.63, 3.8) is 0 Å². The van der Waals surface area contributed by atoms with Gasteiger partial charge in [0.1, 0.15) is 19.0 Å². The van der Waals surface area contributed by atoms with E-state index in [0.717, 1.165) is 68.1 Å². The highest BCUT2D eigenvalue weighted by Gasteiger charge is 2.38. The predicted octanol–water partition coefficient (Wildman–Crippen LogP) is 7.80. The number of carbonyl (C=O) groups is 1. The fourth-order valence-corrected chi connectivity index (χ4v) is 8.99. The van der Waals surface area contributed by atoms with E-state index in [1.54, 1.807) is 4.90 Å². The number of fused-ring (bicyclic) bond motifs is 2. The summed E-state index contributed by atoms with van der Waals surface area (Å²) in [5, 5.41) is 12.5. The Balaban J connectivity index is 1.11. The summed E-state index contributed by atoms with van der Waals surface area (Å²) in [5.41, 5.74) is 4.18. The first-order chi connectivity index (χ1) is 27.0. The monoisotopic (exact) mass is 775 g/mol. The van der Waals surface area contributed by atoms with E-state index < -0.39 is 14.4 Å². The summed E-state index contributed by atoms with van der Waals surface area (Å²) < 4.78 is 18.8. The Labute approximate surface area is 333 Å². The maximum atomic E-state index is 13.4. The van der Waals surface area contributed by atoms with Crippen LogP contribution in [0.2, 0.25) is 18.1 Å². The standard InChI is InChI=1S/C44H57N7O4Si/c1-44(2,3)56(4,5)55-28-27-48-23-12-17-36(48)32-53-42-46-39-30-49(40-19-11-16-34-15-9-10-18-37(34)40)24-21-38(39)41(47-42)50-25-26-51(35(29-50)20-22-45)43(52)54-31-33-13-7-6-8-14-33/h6-11,13-16,18-19,35-36H,12,17,20-21,23-32H2,1-5H3/t35-,36-/m0/s1. The Bertz CT molecular complexity index is 2010. The number of ether oxygens (including phenoxy) is 2. The quantitative estimate of drug-likeness (QED) is 0.132. The summed E-state index contributed by atoms with van der Waals surface area (Å²) >= 11 is 0. The van der Waals surface area contributed by atoms with Gasteiger partial charge in [-0.05, 0) is 61.0 Å². The van der Waals surface area contributed by atoms with Crippen molar-refractivity contribution >= 4 is 36.7 Å². The van der Waals surface area contributed by atoms with E-state index in [0.29, 0.717) is 38.8 Å². The summed E-state index contributed by atoms with van der Waals surface area (Å²) in [6, 6.07) is 27.3. The zero-order chi connectivity index (χ0) is 39.3. The van der Waals surface area contributed by atoms with Crippen LogP contribution in [0.1, 0.15) is 56.9 Å². The highest BCUT2D eigenvalue weighted by atomic mass is 28.4. The lowest BCUT2D eigenvalue weighted by Gasteiger charge is -2.42. The second-order valence-electron chi connectivity index (χ2n) is 16.9. The van der Waals surface area contributed by atoms with E-state index in [1.807, 2.05) is 30.3 Å². The first-order valence-electron chi connectivity index (χ1n) is 20.2. The van der Waals surface area contributed by atoms with Crippen molar-refractivity contribution in [2.75, 3.05) is 62.3 Å². The summed E-state index contributed by atoms with van der Waals surface area (Å²) in [7, 11) is -1.83. The summed E-state index contributed by atoms with van der Waals surface area (Å²) in [4.78, 5) is 32.4. The zero-order valence-corrected chi connectivity index (χ0v) is 34.7. The maximum absolute atomic E-state index is 13.4. The van der Waals surface area contributed by atoms with Crippen LogP contribution < -0.4 is 14.5 Å². The van der Waals surface area contributed by atoms with E-state index in [-0.39, 0.29) is 30.1 Å². The molecular formula is C44H57N7O4Si. The molecule has 4 heterocycles.